The van der Waals surface area contributed by atoms with Gasteiger partial charge in [-0.05, 0) is 30.5 Å². The molecule has 2 aliphatic heterocycles. The Morgan fingerprint density at radius 2 is 1.79 bits per heavy atom. The highest BCUT2D eigenvalue weighted by Crippen LogP contribution is 2.17. The van der Waals surface area contributed by atoms with Crippen LogP contribution in [-0.2, 0) is 30.8 Å². The molecule has 1 aromatic carbocycles. The molecule has 3 heterocycles. The highest BCUT2D eigenvalue weighted by molar-refractivity contribution is 5.76. The highest BCUT2D eigenvalue weighted by atomic mass is 19.1. The van der Waals surface area contributed by atoms with Gasteiger partial charge in [0.2, 0.25) is 5.91 Å². The van der Waals surface area contributed by atoms with E-state index in [4.69, 9.17) is 0 Å². The maximum Gasteiger partial charge on any atom is 0.318 e. The standard InChI is InChI=1S/C20H25FN6O2/c21-16-5-3-15(4-6-16)13-22-20(29)26-11-12-27-18(14-26)17(23-24-27)7-8-19(28)25-9-1-2-10-25/h3-6H,1-2,7-14H2,(H,22,29). The van der Waals surface area contributed by atoms with E-state index in [1.165, 1.54) is 12.1 Å². The Hall–Kier alpha value is -2.97. The number of urea groups is 1. The molecule has 0 atom stereocenters. The van der Waals surface area contributed by atoms with Gasteiger partial charge in [-0.15, -0.1) is 5.10 Å². The van der Waals surface area contributed by atoms with Crippen molar-refractivity contribution in [3.8, 4) is 0 Å². The van der Waals surface area contributed by atoms with Crippen LogP contribution in [0.5, 0.6) is 0 Å². The summed E-state index contributed by atoms with van der Waals surface area (Å²) in [5, 5.41) is 11.3. The Morgan fingerprint density at radius 1 is 1.03 bits per heavy atom. The van der Waals surface area contributed by atoms with E-state index in [-0.39, 0.29) is 17.8 Å². The van der Waals surface area contributed by atoms with Crippen LogP contribution in [0, 0.1) is 5.82 Å². The van der Waals surface area contributed by atoms with Crippen LogP contribution < -0.4 is 5.32 Å². The molecular formula is C20H25FN6O2. The fourth-order valence-electron chi connectivity index (χ4n) is 3.81. The monoisotopic (exact) mass is 400 g/mol. The molecule has 154 valence electrons. The Kier molecular flexibility index (Phi) is 5.73. The first-order valence-corrected chi connectivity index (χ1v) is 10.1. The van der Waals surface area contributed by atoms with Gasteiger partial charge in [0.15, 0.2) is 0 Å². The van der Waals surface area contributed by atoms with E-state index < -0.39 is 0 Å². The Morgan fingerprint density at radius 3 is 2.55 bits per heavy atom. The summed E-state index contributed by atoms with van der Waals surface area (Å²) in [6, 6.07) is 5.88. The van der Waals surface area contributed by atoms with Gasteiger partial charge >= 0.3 is 6.03 Å². The van der Waals surface area contributed by atoms with Gasteiger partial charge in [-0.3, -0.25) is 4.79 Å². The van der Waals surface area contributed by atoms with Crippen LogP contribution in [0.3, 0.4) is 0 Å². The number of amides is 3. The van der Waals surface area contributed by atoms with Crippen LogP contribution in [-0.4, -0.2) is 56.4 Å². The zero-order valence-electron chi connectivity index (χ0n) is 16.3. The summed E-state index contributed by atoms with van der Waals surface area (Å²) in [6.45, 7) is 3.56. The average Bonchev–Trinajstić information content (AvgIpc) is 3.41. The van der Waals surface area contributed by atoms with Crippen molar-refractivity contribution >= 4 is 11.9 Å². The van der Waals surface area contributed by atoms with E-state index in [1.54, 1.807) is 17.0 Å². The quantitative estimate of drug-likeness (QED) is 0.828. The van der Waals surface area contributed by atoms with Gasteiger partial charge in [0, 0.05) is 39.0 Å². The van der Waals surface area contributed by atoms with Crippen molar-refractivity contribution in [1.82, 2.24) is 30.1 Å². The van der Waals surface area contributed by atoms with Crippen LogP contribution in [0.15, 0.2) is 24.3 Å². The molecule has 2 aliphatic rings. The van der Waals surface area contributed by atoms with Crippen molar-refractivity contribution in [2.45, 2.75) is 45.3 Å². The number of aromatic nitrogens is 3. The fraction of sp³-hybridized carbons (Fsp3) is 0.500. The number of nitrogens with zero attached hydrogens (tertiary/aromatic N) is 5. The first kappa shape index (κ1) is 19.4. The maximum atomic E-state index is 13.0. The number of aryl methyl sites for hydroxylation is 1. The van der Waals surface area contributed by atoms with Crippen molar-refractivity contribution in [3.63, 3.8) is 0 Å². The summed E-state index contributed by atoms with van der Waals surface area (Å²) >= 11 is 0. The lowest BCUT2D eigenvalue weighted by Crippen LogP contribution is -2.44. The van der Waals surface area contributed by atoms with E-state index in [9.17, 15) is 14.0 Å². The lowest BCUT2D eigenvalue weighted by atomic mass is 10.1. The van der Waals surface area contributed by atoms with Crippen molar-refractivity contribution < 1.29 is 14.0 Å². The summed E-state index contributed by atoms with van der Waals surface area (Å²) in [5.74, 6) is -0.137. The normalized spacial score (nSPS) is 16.0. The van der Waals surface area contributed by atoms with Crippen LogP contribution in [0.2, 0.25) is 0 Å². The maximum absolute atomic E-state index is 13.0. The Balaban J connectivity index is 1.32. The minimum atomic E-state index is -0.299. The van der Waals surface area contributed by atoms with Crippen LogP contribution in [0.4, 0.5) is 9.18 Å². The lowest BCUT2D eigenvalue weighted by Gasteiger charge is -2.28. The van der Waals surface area contributed by atoms with E-state index >= 15 is 0 Å². The second kappa shape index (κ2) is 8.59. The van der Waals surface area contributed by atoms with Gasteiger partial charge in [0.05, 0.1) is 24.5 Å². The summed E-state index contributed by atoms with van der Waals surface area (Å²) in [5.41, 5.74) is 2.51. The van der Waals surface area contributed by atoms with Gasteiger partial charge < -0.3 is 15.1 Å². The minimum Gasteiger partial charge on any atom is -0.343 e. The number of likely N-dealkylation sites (tertiary alicyclic amines) is 1. The van der Waals surface area contributed by atoms with Crippen LogP contribution in [0.25, 0.3) is 0 Å². The number of halogens is 1. The number of fused-ring (bicyclic) bond motifs is 1. The van der Waals surface area contributed by atoms with Gasteiger partial charge in [0.1, 0.15) is 5.82 Å². The van der Waals surface area contributed by atoms with Crippen molar-refractivity contribution in [3.05, 3.63) is 47.0 Å². The molecular weight excluding hydrogens is 375 g/mol. The highest BCUT2D eigenvalue weighted by Gasteiger charge is 2.26. The first-order valence-electron chi connectivity index (χ1n) is 10.1. The number of nitrogens with one attached hydrogen (secondary N) is 1. The molecule has 0 unspecified atom stereocenters. The molecule has 9 heteroatoms. The molecule has 1 N–H and O–H groups in total. The van der Waals surface area contributed by atoms with Crippen molar-refractivity contribution in [2.24, 2.45) is 0 Å². The molecule has 0 spiro atoms. The van der Waals surface area contributed by atoms with Crippen LogP contribution >= 0.6 is 0 Å². The summed E-state index contributed by atoms with van der Waals surface area (Å²) < 4.78 is 14.8. The minimum absolute atomic E-state index is 0.161. The van der Waals surface area contributed by atoms with Crippen molar-refractivity contribution in [2.75, 3.05) is 19.6 Å². The molecule has 1 saturated heterocycles. The fourth-order valence-corrected chi connectivity index (χ4v) is 3.81. The smallest absolute Gasteiger partial charge is 0.318 e. The Labute approximate surface area is 168 Å². The molecule has 0 radical (unpaired) electrons. The molecule has 1 aromatic heterocycles. The average molecular weight is 400 g/mol. The molecule has 0 aliphatic carbocycles. The largest absolute Gasteiger partial charge is 0.343 e. The van der Waals surface area contributed by atoms with Gasteiger partial charge in [-0.2, -0.15) is 0 Å². The number of hydrogen-bond acceptors (Lipinski definition) is 4. The molecule has 4 rings (SSSR count). The number of carbonyl (C=O) groups is 2. The number of rotatable bonds is 5. The zero-order valence-corrected chi connectivity index (χ0v) is 16.3. The third-order valence-electron chi connectivity index (χ3n) is 5.52. The third kappa shape index (κ3) is 4.55. The molecule has 3 amide bonds. The topological polar surface area (TPSA) is 83.4 Å². The zero-order chi connectivity index (χ0) is 20.2. The van der Waals surface area contributed by atoms with Gasteiger partial charge in [-0.25, -0.2) is 13.9 Å². The van der Waals surface area contributed by atoms with Gasteiger partial charge in [-0.1, -0.05) is 17.3 Å². The van der Waals surface area contributed by atoms with E-state index in [2.05, 4.69) is 15.6 Å². The molecule has 1 fully saturated rings. The number of hydrogen-bond donors (Lipinski definition) is 1. The molecule has 0 bridgehead atoms. The predicted molar refractivity (Wildman–Crippen MR) is 103 cm³/mol. The summed E-state index contributed by atoms with van der Waals surface area (Å²) in [6.07, 6.45) is 3.11. The second-order valence-corrected chi connectivity index (χ2v) is 7.50. The number of benzene rings is 1. The number of carbonyl (C=O) groups excluding carboxylic acids is 2. The lowest BCUT2D eigenvalue weighted by molar-refractivity contribution is -0.130. The SMILES string of the molecule is O=C(CCc1nnn2c1CN(C(=O)NCc1ccc(F)cc1)CC2)N1CCCC1. The van der Waals surface area contributed by atoms with Crippen LogP contribution in [0.1, 0.15) is 36.2 Å². The second-order valence-electron chi connectivity index (χ2n) is 7.50. The summed E-state index contributed by atoms with van der Waals surface area (Å²) in [7, 11) is 0. The molecule has 2 aromatic rings. The van der Waals surface area contributed by atoms with Crippen molar-refractivity contribution in [1.29, 1.82) is 0 Å². The van der Waals surface area contributed by atoms with E-state index in [1.807, 2.05) is 9.58 Å². The first-order chi connectivity index (χ1) is 14.1. The van der Waals surface area contributed by atoms with E-state index in [0.717, 1.165) is 42.9 Å². The van der Waals surface area contributed by atoms with Gasteiger partial charge in [0.25, 0.3) is 0 Å². The third-order valence-corrected chi connectivity index (χ3v) is 5.52. The molecule has 29 heavy (non-hydrogen) atoms. The van der Waals surface area contributed by atoms with E-state index in [0.29, 0.717) is 39.0 Å². The summed E-state index contributed by atoms with van der Waals surface area (Å²) in [4.78, 5) is 28.5. The molecule has 8 nitrogen and oxygen atoms in total. The predicted octanol–water partition coefficient (Wildman–Crippen LogP) is 1.70. The molecule has 0 saturated carbocycles. The Bertz CT molecular complexity index is 876.